The van der Waals surface area contributed by atoms with Crippen molar-refractivity contribution in [1.82, 2.24) is 9.88 Å². The number of benzene rings is 2. The molecular formula is C23H26FN3O2S3. The molecule has 3 aromatic rings. The van der Waals surface area contributed by atoms with Crippen molar-refractivity contribution in [2.24, 2.45) is 0 Å². The van der Waals surface area contributed by atoms with E-state index in [4.69, 9.17) is 9.72 Å². The molecule has 1 aliphatic rings. The van der Waals surface area contributed by atoms with E-state index >= 15 is 0 Å². The summed E-state index contributed by atoms with van der Waals surface area (Å²) in [6.07, 6.45) is 2.46. The standard InChI is InChI=1S/C23H26FN3O2S3/c1-30-19-6-7-20-21(16-19)32-23(25-20)27(10-9-26-11-13-29-14-12-26)22(28)8-15-31-18-4-2-17(24)3-5-18/h2-7,16H,8-15H2,1H3. The van der Waals surface area contributed by atoms with Gasteiger partial charge in [0.25, 0.3) is 0 Å². The molecule has 0 spiro atoms. The summed E-state index contributed by atoms with van der Waals surface area (Å²) < 4.78 is 19.7. The van der Waals surface area contributed by atoms with Gasteiger partial charge < -0.3 is 4.74 Å². The first-order valence-corrected chi connectivity index (χ1v) is 13.6. The minimum atomic E-state index is -0.250. The second-order valence-corrected chi connectivity index (χ2v) is 10.4. The number of fused-ring (bicyclic) bond motifs is 1. The molecule has 0 radical (unpaired) electrons. The average molecular weight is 492 g/mol. The maximum absolute atomic E-state index is 13.2. The van der Waals surface area contributed by atoms with Crippen molar-refractivity contribution in [3.05, 3.63) is 48.3 Å². The Morgan fingerprint density at radius 2 is 1.94 bits per heavy atom. The number of carbonyl (C=O) groups excluding carboxylic acids is 1. The summed E-state index contributed by atoms with van der Waals surface area (Å²) >= 11 is 4.84. The number of rotatable bonds is 9. The molecule has 2 aromatic carbocycles. The second-order valence-electron chi connectivity index (χ2n) is 7.38. The minimum absolute atomic E-state index is 0.0667. The van der Waals surface area contributed by atoms with Crippen LogP contribution >= 0.6 is 34.9 Å². The van der Waals surface area contributed by atoms with Gasteiger partial charge in [-0.15, -0.1) is 23.5 Å². The number of anilines is 1. The molecule has 0 bridgehead atoms. The van der Waals surface area contributed by atoms with E-state index in [1.807, 2.05) is 11.0 Å². The number of ether oxygens (including phenoxy) is 1. The Morgan fingerprint density at radius 3 is 2.69 bits per heavy atom. The summed E-state index contributed by atoms with van der Waals surface area (Å²) in [6.45, 7) is 4.65. The normalized spacial score (nSPS) is 14.7. The van der Waals surface area contributed by atoms with E-state index in [0.717, 1.165) is 53.1 Å². The van der Waals surface area contributed by atoms with Crippen LogP contribution in [0.15, 0.2) is 52.3 Å². The molecule has 0 saturated carbocycles. The molecule has 0 unspecified atom stereocenters. The van der Waals surface area contributed by atoms with Crippen molar-refractivity contribution in [3.63, 3.8) is 0 Å². The monoisotopic (exact) mass is 491 g/mol. The van der Waals surface area contributed by atoms with Gasteiger partial charge >= 0.3 is 0 Å². The Labute approximate surface area is 200 Å². The number of halogens is 1. The number of aromatic nitrogens is 1. The molecule has 1 amide bonds. The second kappa shape index (κ2) is 11.5. The van der Waals surface area contributed by atoms with Gasteiger partial charge in [0, 0.05) is 48.1 Å². The Kier molecular flexibility index (Phi) is 8.43. The number of morpholine rings is 1. The topological polar surface area (TPSA) is 45.7 Å². The summed E-state index contributed by atoms with van der Waals surface area (Å²) in [7, 11) is 0. The van der Waals surface area contributed by atoms with Crippen LogP contribution in [-0.2, 0) is 9.53 Å². The van der Waals surface area contributed by atoms with Crippen molar-refractivity contribution in [1.29, 1.82) is 0 Å². The van der Waals surface area contributed by atoms with Crippen LogP contribution in [0.4, 0.5) is 9.52 Å². The van der Waals surface area contributed by atoms with E-state index in [1.54, 1.807) is 47.0 Å². The van der Waals surface area contributed by atoms with E-state index in [2.05, 4.69) is 23.3 Å². The van der Waals surface area contributed by atoms with Crippen molar-refractivity contribution < 1.29 is 13.9 Å². The van der Waals surface area contributed by atoms with Crippen molar-refractivity contribution in [2.75, 3.05) is 56.3 Å². The third kappa shape index (κ3) is 6.23. The van der Waals surface area contributed by atoms with E-state index in [9.17, 15) is 9.18 Å². The third-order valence-corrected chi connectivity index (χ3v) is 8.04. The number of hydrogen-bond acceptors (Lipinski definition) is 7. The summed E-state index contributed by atoms with van der Waals surface area (Å²) in [4.78, 5) is 24.3. The first-order chi connectivity index (χ1) is 15.6. The lowest BCUT2D eigenvalue weighted by molar-refractivity contribution is -0.118. The van der Waals surface area contributed by atoms with E-state index in [0.29, 0.717) is 18.7 Å². The smallest absolute Gasteiger partial charge is 0.229 e. The summed E-state index contributed by atoms with van der Waals surface area (Å²) in [5.41, 5.74) is 0.924. The molecule has 2 heterocycles. The zero-order valence-corrected chi connectivity index (χ0v) is 20.4. The SMILES string of the molecule is CSc1ccc2nc(N(CCN3CCOCC3)C(=O)CCSc3ccc(F)cc3)sc2c1. The van der Waals surface area contributed by atoms with Crippen LogP contribution in [0.3, 0.4) is 0 Å². The zero-order valence-electron chi connectivity index (χ0n) is 18.0. The van der Waals surface area contributed by atoms with Gasteiger partial charge in [0.2, 0.25) is 5.91 Å². The number of hydrogen-bond donors (Lipinski definition) is 0. The van der Waals surface area contributed by atoms with Gasteiger partial charge in [-0.1, -0.05) is 11.3 Å². The van der Waals surface area contributed by atoms with Gasteiger partial charge in [-0.2, -0.15) is 0 Å². The van der Waals surface area contributed by atoms with Gasteiger partial charge in [-0.05, 0) is 48.7 Å². The van der Waals surface area contributed by atoms with E-state index < -0.39 is 0 Å². The fraction of sp³-hybridized carbons (Fsp3) is 0.391. The maximum Gasteiger partial charge on any atom is 0.229 e. The van der Waals surface area contributed by atoms with Crippen LogP contribution in [-0.4, -0.2) is 67.2 Å². The molecule has 9 heteroatoms. The Bertz CT molecular complexity index is 1040. The first kappa shape index (κ1) is 23.5. The molecule has 32 heavy (non-hydrogen) atoms. The molecule has 0 N–H and O–H groups in total. The highest BCUT2D eigenvalue weighted by Crippen LogP contribution is 2.32. The van der Waals surface area contributed by atoms with Crippen LogP contribution in [0.2, 0.25) is 0 Å². The molecule has 1 aromatic heterocycles. The number of thiazole rings is 1. The highest BCUT2D eigenvalue weighted by molar-refractivity contribution is 7.99. The predicted molar refractivity (Wildman–Crippen MR) is 133 cm³/mol. The first-order valence-electron chi connectivity index (χ1n) is 10.6. The summed E-state index contributed by atoms with van der Waals surface area (Å²) in [5.74, 6) is 0.456. The summed E-state index contributed by atoms with van der Waals surface area (Å²) in [5, 5.41) is 0.753. The Hall–Kier alpha value is -1.65. The van der Waals surface area contributed by atoms with Crippen LogP contribution in [0.1, 0.15) is 6.42 Å². The highest BCUT2D eigenvalue weighted by atomic mass is 32.2. The van der Waals surface area contributed by atoms with Crippen LogP contribution in [0, 0.1) is 5.82 Å². The Morgan fingerprint density at radius 1 is 1.19 bits per heavy atom. The van der Waals surface area contributed by atoms with Gasteiger partial charge in [-0.3, -0.25) is 14.6 Å². The molecular weight excluding hydrogens is 465 g/mol. The lowest BCUT2D eigenvalue weighted by atomic mass is 10.3. The minimum Gasteiger partial charge on any atom is -0.379 e. The van der Waals surface area contributed by atoms with Crippen molar-refractivity contribution in [2.45, 2.75) is 16.2 Å². The fourth-order valence-corrected chi connectivity index (χ4v) is 5.85. The van der Waals surface area contributed by atoms with Crippen LogP contribution < -0.4 is 4.90 Å². The molecule has 4 rings (SSSR count). The van der Waals surface area contributed by atoms with Gasteiger partial charge in [0.15, 0.2) is 5.13 Å². The van der Waals surface area contributed by atoms with Gasteiger partial charge in [0.05, 0.1) is 23.4 Å². The number of carbonyl (C=O) groups is 1. The molecule has 0 aliphatic carbocycles. The van der Waals surface area contributed by atoms with Gasteiger partial charge in [0.1, 0.15) is 5.82 Å². The quantitative estimate of drug-likeness (QED) is 0.393. The zero-order chi connectivity index (χ0) is 22.3. The fourth-order valence-electron chi connectivity index (χ4n) is 3.45. The largest absolute Gasteiger partial charge is 0.379 e. The molecule has 1 aliphatic heterocycles. The summed E-state index contributed by atoms with van der Waals surface area (Å²) in [6, 6.07) is 12.6. The predicted octanol–water partition coefficient (Wildman–Crippen LogP) is 5.00. The average Bonchev–Trinajstić information content (AvgIpc) is 3.24. The third-order valence-electron chi connectivity index (χ3n) is 5.26. The Balaban J connectivity index is 1.45. The van der Waals surface area contributed by atoms with Crippen LogP contribution in [0.25, 0.3) is 10.2 Å². The lowest BCUT2D eigenvalue weighted by Gasteiger charge is -2.29. The van der Waals surface area contributed by atoms with Crippen molar-refractivity contribution >= 4 is 56.1 Å². The molecule has 170 valence electrons. The molecule has 1 fully saturated rings. The molecule has 1 saturated heterocycles. The van der Waals surface area contributed by atoms with Crippen LogP contribution in [0.5, 0.6) is 0 Å². The molecule has 0 atom stereocenters. The highest BCUT2D eigenvalue weighted by Gasteiger charge is 2.21. The van der Waals surface area contributed by atoms with Gasteiger partial charge in [-0.25, -0.2) is 9.37 Å². The van der Waals surface area contributed by atoms with Crippen molar-refractivity contribution in [3.8, 4) is 0 Å². The van der Waals surface area contributed by atoms with E-state index in [1.165, 1.54) is 17.0 Å². The maximum atomic E-state index is 13.2. The lowest BCUT2D eigenvalue weighted by Crippen LogP contribution is -2.43. The number of thioether (sulfide) groups is 2. The number of amides is 1. The molecule has 5 nitrogen and oxygen atoms in total. The van der Waals surface area contributed by atoms with E-state index in [-0.39, 0.29) is 11.7 Å². The number of nitrogens with zero attached hydrogens (tertiary/aromatic N) is 3.